The lowest BCUT2D eigenvalue weighted by Crippen LogP contribution is -2.24. The first kappa shape index (κ1) is 16.7. The van der Waals surface area contributed by atoms with Gasteiger partial charge in [-0.1, -0.05) is 17.3 Å². The molecule has 0 atom stereocenters. The molecule has 3 aromatic rings. The van der Waals surface area contributed by atoms with Crippen LogP contribution in [-0.2, 0) is 17.8 Å². The molecule has 1 amide bonds. The molecule has 2 aromatic carbocycles. The second-order valence-corrected chi connectivity index (χ2v) is 5.49. The van der Waals surface area contributed by atoms with Gasteiger partial charge in [-0.2, -0.15) is 0 Å². The second-order valence-electron chi connectivity index (χ2n) is 5.49. The van der Waals surface area contributed by atoms with Crippen molar-refractivity contribution in [3.05, 3.63) is 71.7 Å². The fourth-order valence-electron chi connectivity index (χ4n) is 2.36. The Labute approximate surface area is 144 Å². The van der Waals surface area contributed by atoms with Gasteiger partial charge in [0, 0.05) is 18.2 Å². The van der Waals surface area contributed by atoms with E-state index in [4.69, 9.17) is 9.26 Å². The second kappa shape index (κ2) is 7.61. The first-order valence-corrected chi connectivity index (χ1v) is 7.75. The first-order valence-electron chi connectivity index (χ1n) is 7.75. The summed E-state index contributed by atoms with van der Waals surface area (Å²) in [4.78, 5) is 12.1. The van der Waals surface area contributed by atoms with Crippen LogP contribution in [0.3, 0.4) is 0 Å². The third-order valence-corrected chi connectivity index (χ3v) is 3.65. The van der Waals surface area contributed by atoms with E-state index in [-0.39, 0.29) is 18.1 Å². The molecule has 0 bridgehead atoms. The molecule has 0 unspecified atom stereocenters. The normalized spacial score (nSPS) is 10.5. The molecule has 0 aliphatic carbocycles. The monoisotopic (exact) mass is 340 g/mol. The minimum atomic E-state index is -0.319. The number of nitrogens with zero attached hydrogens (tertiary/aromatic N) is 1. The summed E-state index contributed by atoms with van der Waals surface area (Å²) in [5, 5.41) is 6.72. The topological polar surface area (TPSA) is 64.4 Å². The van der Waals surface area contributed by atoms with Gasteiger partial charge in [-0.05, 0) is 42.0 Å². The van der Waals surface area contributed by atoms with E-state index in [9.17, 15) is 9.18 Å². The zero-order valence-electron chi connectivity index (χ0n) is 13.7. The molecular formula is C19H17FN2O3. The molecule has 0 saturated carbocycles. The van der Waals surface area contributed by atoms with Crippen LogP contribution in [0.5, 0.6) is 5.75 Å². The fraction of sp³-hybridized carbons (Fsp3) is 0.158. The Morgan fingerprint density at radius 3 is 2.76 bits per heavy atom. The summed E-state index contributed by atoms with van der Waals surface area (Å²) in [7, 11) is 1.60. The largest absolute Gasteiger partial charge is 0.497 e. The van der Waals surface area contributed by atoms with Gasteiger partial charge in [0.25, 0.3) is 0 Å². The van der Waals surface area contributed by atoms with Gasteiger partial charge < -0.3 is 14.6 Å². The van der Waals surface area contributed by atoms with Crippen molar-refractivity contribution in [3.63, 3.8) is 0 Å². The third-order valence-electron chi connectivity index (χ3n) is 3.65. The van der Waals surface area contributed by atoms with Crippen molar-refractivity contribution >= 4 is 5.91 Å². The number of hydrogen-bond donors (Lipinski definition) is 1. The van der Waals surface area contributed by atoms with Crippen LogP contribution in [-0.4, -0.2) is 18.2 Å². The summed E-state index contributed by atoms with van der Waals surface area (Å²) in [5.41, 5.74) is 2.17. The predicted octanol–water partition coefficient (Wildman–Crippen LogP) is 3.35. The van der Waals surface area contributed by atoms with E-state index < -0.39 is 0 Å². The van der Waals surface area contributed by atoms with Crippen LogP contribution in [0.25, 0.3) is 11.3 Å². The van der Waals surface area contributed by atoms with Crippen LogP contribution in [0.2, 0.25) is 0 Å². The third kappa shape index (κ3) is 4.44. The van der Waals surface area contributed by atoms with E-state index in [1.54, 1.807) is 25.3 Å². The standard InChI is InChI=1S/C19H17FN2O3/c1-24-17-4-2-3-13(9-17)12-21-19(23)11-16-10-18(25-22-16)14-5-7-15(20)8-6-14/h2-10H,11-12H2,1H3,(H,21,23). The van der Waals surface area contributed by atoms with Crippen molar-refractivity contribution in [2.45, 2.75) is 13.0 Å². The van der Waals surface area contributed by atoms with E-state index >= 15 is 0 Å². The highest BCUT2D eigenvalue weighted by molar-refractivity contribution is 5.78. The highest BCUT2D eigenvalue weighted by atomic mass is 19.1. The molecular weight excluding hydrogens is 323 g/mol. The Bertz CT molecular complexity index is 859. The van der Waals surface area contributed by atoms with Gasteiger partial charge in [-0.15, -0.1) is 0 Å². The van der Waals surface area contributed by atoms with Gasteiger partial charge in [0.15, 0.2) is 5.76 Å². The van der Waals surface area contributed by atoms with Gasteiger partial charge in [-0.3, -0.25) is 4.79 Å². The average molecular weight is 340 g/mol. The molecule has 0 spiro atoms. The predicted molar refractivity (Wildman–Crippen MR) is 90.4 cm³/mol. The lowest BCUT2D eigenvalue weighted by Gasteiger charge is -2.06. The van der Waals surface area contributed by atoms with E-state index in [0.29, 0.717) is 23.6 Å². The summed E-state index contributed by atoms with van der Waals surface area (Å²) >= 11 is 0. The lowest BCUT2D eigenvalue weighted by molar-refractivity contribution is -0.120. The molecule has 5 nitrogen and oxygen atoms in total. The van der Waals surface area contributed by atoms with Crippen molar-refractivity contribution in [3.8, 4) is 17.1 Å². The van der Waals surface area contributed by atoms with E-state index in [1.807, 2.05) is 24.3 Å². The van der Waals surface area contributed by atoms with Gasteiger partial charge in [0.05, 0.1) is 19.2 Å². The van der Waals surface area contributed by atoms with Crippen LogP contribution in [0, 0.1) is 5.82 Å². The number of carbonyl (C=O) groups excluding carboxylic acids is 1. The number of hydrogen-bond acceptors (Lipinski definition) is 4. The van der Waals surface area contributed by atoms with Crippen LogP contribution >= 0.6 is 0 Å². The Hall–Kier alpha value is -3.15. The Balaban J connectivity index is 1.57. The van der Waals surface area contributed by atoms with Crippen LogP contribution in [0.4, 0.5) is 4.39 Å². The SMILES string of the molecule is COc1cccc(CNC(=O)Cc2cc(-c3ccc(F)cc3)on2)c1. The Kier molecular flexibility index (Phi) is 5.09. The number of halogens is 1. The maximum Gasteiger partial charge on any atom is 0.226 e. The van der Waals surface area contributed by atoms with Crippen LogP contribution in [0.1, 0.15) is 11.3 Å². The number of nitrogens with one attached hydrogen (secondary N) is 1. The Morgan fingerprint density at radius 2 is 2.00 bits per heavy atom. The van der Waals surface area contributed by atoms with Gasteiger partial charge in [0.2, 0.25) is 5.91 Å². The maximum atomic E-state index is 12.9. The number of aromatic nitrogens is 1. The molecule has 1 aromatic heterocycles. The number of amides is 1. The summed E-state index contributed by atoms with van der Waals surface area (Å²) in [6.45, 7) is 0.401. The molecule has 0 aliphatic rings. The molecule has 1 N–H and O–H groups in total. The van der Waals surface area contributed by atoms with Crippen molar-refractivity contribution in [2.75, 3.05) is 7.11 Å². The van der Waals surface area contributed by atoms with Crippen molar-refractivity contribution < 1.29 is 18.4 Å². The number of ether oxygens (including phenoxy) is 1. The zero-order valence-corrected chi connectivity index (χ0v) is 13.7. The molecule has 128 valence electrons. The fourth-order valence-corrected chi connectivity index (χ4v) is 2.36. The maximum absolute atomic E-state index is 12.9. The highest BCUT2D eigenvalue weighted by Crippen LogP contribution is 2.20. The molecule has 0 fully saturated rings. The highest BCUT2D eigenvalue weighted by Gasteiger charge is 2.11. The van der Waals surface area contributed by atoms with Crippen molar-refractivity contribution in [1.82, 2.24) is 10.5 Å². The Morgan fingerprint density at radius 1 is 1.20 bits per heavy atom. The number of benzene rings is 2. The average Bonchev–Trinajstić information content (AvgIpc) is 3.09. The quantitative estimate of drug-likeness (QED) is 0.747. The zero-order chi connectivity index (χ0) is 17.6. The van der Waals surface area contributed by atoms with E-state index in [0.717, 1.165) is 11.3 Å². The molecule has 3 rings (SSSR count). The van der Waals surface area contributed by atoms with Crippen molar-refractivity contribution in [1.29, 1.82) is 0 Å². The van der Waals surface area contributed by atoms with Gasteiger partial charge in [-0.25, -0.2) is 4.39 Å². The molecule has 0 saturated heterocycles. The van der Waals surface area contributed by atoms with Crippen molar-refractivity contribution in [2.24, 2.45) is 0 Å². The number of carbonyl (C=O) groups is 1. The number of methoxy groups -OCH3 is 1. The van der Waals surface area contributed by atoms with Crippen LogP contribution < -0.4 is 10.1 Å². The van der Waals surface area contributed by atoms with Gasteiger partial charge in [0.1, 0.15) is 11.6 Å². The minimum absolute atomic E-state index is 0.106. The first-order chi connectivity index (χ1) is 12.1. The van der Waals surface area contributed by atoms with E-state index in [2.05, 4.69) is 10.5 Å². The molecule has 25 heavy (non-hydrogen) atoms. The number of rotatable bonds is 6. The smallest absolute Gasteiger partial charge is 0.226 e. The summed E-state index contributed by atoms with van der Waals surface area (Å²) in [6.07, 6.45) is 0.106. The van der Waals surface area contributed by atoms with E-state index in [1.165, 1.54) is 12.1 Å². The summed E-state index contributed by atoms with van der Waals surface area (Å²) in [5.74, 6) is 0.755. The minimum Gasteiger partial charge on any atom is -0.497 e. The molecule has 1 heterocycles. The molecule has 0 radical (unpaired) electrons. The van der Waals surface area contributed by atoms with Crippen LogP contribution in [0.15, 0.2) is 59.1 Å². The summed E-state index contributed by atoms with van der Waals surface area (Å²) < 4.78 is 23.3. The lowest BCUT2D eigenvalue weighted by atomic mass is 10.1. The molecule has 0 aliphatic heterocycles. The summed E-state index contributed by atoms with van der Waals surface area (Å²) in [6, 6.07) is 15.1. The molecule has 6 heteroatoms. The van der Waals surface area contributed by atoms with Gasteiger partial charge >= 0.3 is 0 Å².